The van der Waals surface area contributed by atoms with E-state index in [1.807, 2.05) is 42.5 Å². The van der Waals surface area contributed by atoms with Crippen molar-refractivity contribution in [2.45, 2.75) is 6.54 Å². The van der Waals surface area contributed by atoms with Crippen LogP contribution >= 0.6 is 0 Å². The number of rotatable bonds is 5. The fourth-order valence-corrected chi connectivity index (χ4v) is 1.59. The summed E-state index contributed by atoms with van der Waals surface area (Å²) in [7, 11) is 1.76. The number of hydrogen-bond donors (Lipinski definition) is 1. The molecule has 1 heterocycles. The van der Waals surface area contributed by atoms with Gasteiger partial charge in [-0.3, -0.25) is 4.79 Å². The first kappa shape index (κ1) is 12.2. The summed E-state index contributed by atoms with van der Waals surface area (Å²) in [6.07, 6.45) is 1.61. The summed E-state index contributed by atoms with van der Waals surface area (Å²) in [5.74, 6) is 0.806. The van der Waals surface area contributed by atoms with E-state index in [4.69, 9.17) is 4.42 Å². The van der Waals surface area contributed by atoms with Crippen LogP contribution < -0.4 is 5.32 Å². The van der Waals surface area contributed by atoms with Crippen molar-refractivity contribution in [2.75, 3.05) is 18.9 Å². The Morgan fingerprint density at radius 3 is 2.67 bits per heavy atom. The molecule has 0 aliphatic rings. The molecule has 0 spiro atoms. The first-order chi connectivity index (χ1) is 8.75. The lowest BCUT2D eigenvalue weighted by molar-refractivity contribution is -0.128. The van der Waals surface area contributed by atoms with Crippen molar-refractivity contribution in [2.24, 2.45) is 0 Å². The van der Waals surface area contributed by atoms with Gasteiger partial charge in [-0.1, -0.05) is 18.2 Å². The van der Waals surface area contributed by atoms with Crippen molar-refractivity contribution < 1.29 is 9.21 Å². The highest BCUT2D eigenvalue weighted by atomic mass is 16.3. The van der Waals surface area contributed by atoms with Gasteiger partial charge in [0.2, 0.25) is 5.91 Å². The number of nitrogens with zero attached hydrogens (tertiary/aromatic N) is 1. The molecule has 1 aromatic heterocycles. The van der Waals surface area contributed by atoms with Crippen molar-refractivity contribution in [1.29, 1.82) is 0 Å². The predicted molar refractivity (Wildman–Crippen MR) is 70.1 cm³/mol. The third kappa shape index (κ3) is 3.38. The lowest BCUT2D eigenvalue weighted by atomic mass is 10.3. The Bertz CT molecular complexity index is 480. The standard InChI is InChI=1S/C14H16N2O2/c1-16(11-13-8-5-9-18-13)14(17)10-15-12-6-3-2-4-7-12/h2-9,15H,10-11H2,1H3. The second kappa shape index (κ2) is 5.91. The van der Waals surface area contributed by atoms with Crippen LogP contribution in [0.5, 0.6) is 0 Å². The average molecular weight is 244 g/mol. The van der Waals surface area contributed by atoms with E-state index in [2.05, 4.69) is 5.32 Å². The quantitative estimate of drug-likeness (QED) is 0.878. The molecule has 1 aromatic carbocycles. The molecule has 0 saturated carbocycles. The molecule has 1 amide bonds. The average Bonchev–Trinajstić information content (AvgIpc) is 2.90. The number of nitrogens with one attached hydrogen (secondary N) is 1. The first-order valence-electron chi connectivity index (χ1n) is 5.81. The number of carbonyl (C=O) groups is 1. The van der Waals surface area contributed by atoms with E-state index in [1.165, 1.54) is 0 Å². The number of carbonyl (C=O) groups excluding carboxylic acids is 1. The van der Waals surface area contributed by atoms with E-state index in [0.717, 1.165) is 11.4 Å². The molecule has 0 atom stereocenters. The minimum atomic E-state index is 0.0234. The summed E-state index contributed by atoms with van der Waals surface area (Å²) < 4.78 is 5.20. The van der Waals surface area contributed by atoms with Crippen LogP contribution in [-0.2, 0) is 11.3 Å². The second-order valence-electron chi connectivity index (χ2n) is 4.05. The van der Waals surface area contributed by atoms with E-state index in [-0.39, 0.29) is 12.5 Å². The summed E-state index contributed by atoms with van der Waals surface area (Å²) in [5.41, 5.74) is 0.942. The van der Waals surface area contributed by atoms with Crippen LogP contribution in [-0.4, -0.2) is 24.4 Å². The lowest BCUT2D eigenvalue weighted by Gasteiger charge is -2.16. The highest BCUT2D eigenvalue weighted by molar-refractivity contribution is 5.80. The number of amides is 1. The van der Waals surface area contributed by atoms with E-state index >= 15 is 0 Å². The summed E-state index contributed by atoms with van der Waals surface area (Å²) in [6, 6.07) is 13.3. The summed E-state index contributed by atoms with van der Waals surface area (Å²) >= 11 is 0. The molecular formula is C14H16N2O2. The Morgan fingerprint density at radius 1 is 1.22 bits per heavy atom. The minimum absolute atomic E-state index is 0.0234. The van der Waals surface area contributed by atoms with Crippen molar-refractivity contribution in [3.05, 3.63) is 54.5 Å². The van der Waals surface area contributed by atoms with Gasteiger partial charge in [0.25, 0.3) is 0 Å². The number of likely N-dealkylation sites (N-methyl/N-ethyl adjacent to an activating group) is 1. The van der Waals surface area contributed by atoms with Gasteiger partial charge in [-0.05, 0) is 24.3 Å². The van der Waals surface area contributed by atoms with Gasteiger partial charge in [-0.15, -0.1) is 0 Å². The van der Waals surface area contributed by atoms with E-state index in [9.17, 15) is 4.79 Å². The molecule has 0 aliphatic heterocycles. The fraction of sp³-hybridized carbons (Fsp3) is 0.214. The maximum atomic E-state index is 11.9. The van der Waals surface area contributed by atoms with E-state index < -0.39 is 0 Å². The highest BCUT2D eigenvalue weighted by Gasteiger charge is 2.09. The third-order valence-corrected chi connectivity index (χ3v) is 2.62. The molecule has 18 heavy (non-hydrogen) atoms. The van der Waals surface area contributed by atoms with Gasteiger partial charge in [0.15, 0.2) is 0 Å². The molecule has 4 heteroatoms. The minimum Gasteiger partial charge on any atom is -0.467 e. The van der Waals surface area contributed by atoms with Gasteiger partial charge >= 0.3 is 0 Å². The van der Waals surface area contributed by atoms with E-state index in [0.29, 0.717) is 6.54 Å². The van der Waals surface area contributed by atoms with Crippen LogP contribution in [0.1, 0.15) is 5.76 Å². The van der Waals surface area contributed by atoms with Gasteiger partial charge < -0.3 is 14.6 Å². The molecule has 0 radical (unpaired) electrons. The second-order valence-corrected chi connectivity index (χ2v) is 4.05. The van der Waals surface area contributed by atoms with Crippen molar-refractivity contribution in [3.8, 4) is 0 Å². The largest absolute Gasteiger partial charge is 0.467 e. The van der Waals surface area contributed by atoms with Crippen LogP contribution in [0.2, 0.25) is 0 Å². The number of para-hydroxylation sites is 1. The molecule has 0 unspecified atom stereocenters. The Hall–Kier alpha value is -2.23. The lowest BCUT2D eigenvalue weighted by Crippen LogP contribution is -2.31. The Balaban J connectivity index is 1.81. The van der Waals surface area contributed by atoms with Crippen LogP contribution in [0.3, 0.4) is 0 Å². The molecule has 0 aliphatic carbocycles. The van der Waals surface area contributed by atoms with E-state index in [1.54, 1.807) is 18.2 Å². The molecule has 2 aromatic rings. The van der Waals surface area contributed by atoms with Crippen LogP contribution in [0.4, 0.5) is 5.69 Å². The van der Waals surface area contributed by atoms with Gasteiger partial charge in [0, 0.05) is 12.7 Å². The molecule has 2 rings (SSSR count). The maximum Gasteiger partial charge on any atom is 0.242 e. The smallest absolute Gasteiger partial charge is 0.242 e. The van der Waals surface area contributed by atoms with Gasteiger partial charge in [-0.25, -0.2) is 0 Å². The third-order valence-electron chi connectivity index (χ3n) is 2.62. The normalized spacial score (nSPS) is 10.1. The molecule has 0 bridgehead atoms. The predicted octanol–water partition coefficient (Wildman–Crippen LogP) is 2.35. The number of anilines is 1. The topological polar surface area (TPSA) is 45.5 Å². The molecule has 0 saturated heterocycles. The maximum absolute atomic E-state index is 11.9. The molecule has 4 nitrogen and oxygen atoms in total. The molecule has 0 fully saturated rings. The molecule has 94 valence electrons. The van der Waals surface area contributed by atoms with Gasteiger partial charge in [0.1, 0.15) is 5.76 Å². The number of benzene rings is 1. The molecule has 1 N–H and O–H groups in total. The Labute approximate surface area is 106 Å². The summed E-state index contributed by atoms with van der Waals surface area (Å²) in [6.45, 7) is 0.767. The zero-order valence-corrected chi connectivity index (χ0v) is 10.3. The summed E-state index contributed by atoms with van der Waals surface area (Å²) in [5, 5.41) is 3.08. The Morgan fingerprint density at radius 2 is 2.00 bits per heavy atom. The fourth-order valence-electron chi connectivity index (χ4n) is 1.59. The first-order valence-corrected chi connectivity index (χ1v) is 5.81. The van der Waals surface area contributed by atoms with Crippen molar-refractivity contribution in [1.82, 2.24) is 4.90 Å². The highest BCUT2D eigenvalue weighted by Crippen LogP contribution is 2.06. The zero-order valence-electron chi connectivity index (χ0n) is 10.3. The van der Waals surface area contributed by atoms with Crippen molar-refractivity contribution >= 4 is 11.6 Å². The summed E-state index contributed by atoms with van der Waals surface area (Å²) in [4.78, 5) is 13.5. The van der Waals surface area contributed by atoms with Crippen LogP contribution in [0, 0.1) is 0 Å². The van der Waals surface area contributed by atoms with Crippen molar-refractivity contribution in [3.63, 3.8) is 0 Å². The number of furan rings is 1. The Kier molecular flexibility index (Phi) is 4.02. The van der Waals surface area contributed by atoms with Gasteiger partial charge in [0.05, 0.1) is 19.4 Å². The van der Waals surface area contributed by atoms with Crippen LogP contribution in [0.15, 0.2) is 53.1 Å². The molecular weight excluding hydrogens is 228 g/mol. The van der Waals surface area contributed by atoms with Gasteiger partial charge in [-0.2, -0.15) is 0 Å². The SMILES string of the molecule is CN(Cc1ccco1)C(=O)CNc1ccccc1. The zero-order chi connectivity index (χ0) is 12.8. The monoisotopic (exact) mass is 244 g/mol. The number of hydrogen-bond acceptors (Lipinski definition) is 3. The van der Waals surface area contributed by atoms with Crippen LogP contribution in [0.25, 0.3) is 0 Å².